The summed E-state index contributed by atoms with van der Waals surface area (Å²) in [6.07, 6.45) is 0.795. The summed E-state index contributed by atoms with van der Waals surface area (Å²) in [4.78, 5) is 20.0. The molecule has 1 aromatic carbocycles. The zero-order valence-electron chi connectivity index (χ0n) is 12.6. The van der Waals surface area contributed by atoms with Crippen molar-refractivity contribution >= 4 is 34.9 Å². The van der Waals surface area contributed by atoms with E-state index >= 15 is 0 Å². The number of hydrogen-bond acceptors (Lipinski definition) is 4. The lowest BCUT2D eigenvalue weighted by molar-refractivity contribution is 0.0912. The number of carbonyl (C=O) groups is 1. The summed E-state index contributed by atoms with van der Waals surface area (Å²) >= 11 is 10.6. The van der Waals surface area contributed by atoms with E-state index in [9.17, 15) is 13.6 Å². The minimum Gasteiger partial charge on any atom is -0.438 e. The number of rotatable bonds is 4. The van der Waals surface area contributed by atoms with Crippen LogP contribution >= 0.6 is 23.2 Å². The second-order valence-electron chi connectivity index (χ2n) is 4.81. The van der Waals surface area contributed by atoms with E-state index in [-0.39, 0.29) is 17.1 Å². The molecule has 0 saturated carbocycles. The molecule has 1 N–H and O–H groups in total. The van der Waals surface area contributed by atoms with E-state index in [1.807, 2.05) is 0 Å². The van der Waals surface area contributed by atoms with Crippen LogP contribution in [0.5, 0.6) is 11.6 Å². The van der Waals surface area contributed by atoms with Gasteiger partial charge in [0.1, 0.15) is 11.3 Å². The van der Waals surface area contributed by atoms with Crippen molar-refractivity contribution in [3.8, 4) is 11.6 Å². The van der Waals surface area contributed by atoms with Crippen molar-refractivity contribution in [3.05, 3.63) is 41.3 Å². The van der Waals surface area contributed by atoms with Crippen molar-refractivity contribution in [2.45, 2.75) is 5.38 Å². The molecule has 0 aliphatic rings. The Kier molecular flexibility index (Phi) is 5.40. The van der Waals surface area contributed by atoms with E-state index < -0.39 is 16.8 Å². The van der Waals surface area contributed by atoms with E-state index in [2.05, 4.69) is 15.3 Å². The first-order valence-electron chi connectivity index (χ1n) is 6.53. The van der Waals surface area contributed by atoms with Gasteiger partial charge in [-0.25, -0.2) is 9.78 Å². The fraction of sp³-hybridized carbons (Fsp3) is 0.214. The van der Waals surface area contributed by atoms with Gasteiger partial charge in [-0.2, -0.15) is 13.8 Å². The lowest BCUT2D eigenvalue weighted by Gasteiger charge is -2.14. The van der Waals surface area contributed by atoms with Crippen LogP contribution in [0.25, 0.3) is 0 Å². The molecule has 6 nitrogen and oxygen atoms in total. The van der Waals surface area contributed by atoms with Crippen LogP contribution in [-0.4, -0.2) is 35.0 Å². The van der Waals surface area contributed by atoms with E-state index in [0.29, 0.717) is 5.69 Å². The minimum absolute atomic E-state index is 0.204. The van der Waals surface area contributed by atoms with Gasteiger partial charge in [-0.1, -0.05) is 0 Å². The van der Waals surface area contributed by atoms with Gasteiger partial charge in [-0.3, -0.25) is 0 Å². The molecule has 0 spiro atoms. The van der Waals surface area contributed by atoms with Crippen molar-refractivity contribution in [2.24, 2.45) is 0 Å². The van der Waals surface area contributed by atoms with Crippen LogP contribution in [0.4, 0.5) is 19.3 Å². The highest BCUT2D eigenvalue weighted by Gasteiger charge is 2.34. The normalized spacial score (nSPS) is 11.1. The first-order chi connectivity index (χ1) is 11.2. The van der Waals surface area contributed by atoms with Crippen LogP contribution < -0.4 is 10.1 Å². The van der Waals surface area contributed by atoms with E-state index in [0.717, 1.165) is 6.20 Å². The highest BCUT2D eigenvalue weighted by atomic mass is 35.5. The molecule has 1 heterocycles. The average Bonchev–Trinajstić information content (AvgIpc) is 2.48. The van der Waals surface area contributed by atoms with E-state index in [4.69, 9.17) is 27.9 Å². The molecular weight excluding hydrogens is 365 g/mol. The maximum absolute atomic E-state index is 13.3. The number of urea groups is 1. The molecule has 24 heavy (non-hydrogen) atoms. The van der Waals surface area contributed by atoms with Crippen molar-refractivity contribution < 1.29 is 18.3 Å². The summed E-state index contributed by atoms with van der Waals surface area (Å²) in [5.41, 5.74) is -0.205. The number of anilines is 1. The smallest absolute Gasteiger partial charge is 0.354 e. The Hall–Kier alpha value is -2.19. The van der Waals surface area contributed by atoms with Crippen molar-refractivity contribution in [3.63, 3.8) is 0 Å². The van der Waals surface area contributed by atoms with Gasteiger partial charge in [0.15, 0.2) is 0 Å². The highest BCUT2D eigenvalue weighted by Crippen LogP contribution is 2.38. The standard InChI is InChI=1S/C14H12Cl2F2N4O2/c1-22(2)13(23)20-8-3-5-9(6-4-8)24-11-10(14(16,17)18)7-19-12(15)21-11/h3-7H,1-2H3,(H,20,23). The van der Waals surface area contributed by atoms with E-state index in [1.165, 1.54) is 29.2 Å². The van der Waals surface area contributed by atoms with Gasteiger partial charge in [0.05, 0.1) is 0 Å². The van der Waals surface area contributed by atoms with Gasteiger partial charge < -0.3 is 15.0 Å². The summed E-state index contributed by atoms with van der Waals surface area (Å²) in [5, 5.41) is -1.35. The molecule has 0 saturated heterocycles. The molecule has 0 unspecified atom stereocenters. The van der Waals surface area contributed by atoms with E-state index in [1.54, 1.807) is 14.1 Å². The molecule has 2 aromatic rings. The summed E-state index contributed by atoms with van der Waals surface area (Å²) in [6.45, 7) is 0. The molecular formula is C14H12Cl2F2N4O2. The maximum Gasteiger partial charge on any atom is 0.354 e. The average molecular weight is 377 g/mol. The topological polar surface area (TPSA) is 67.4 Å². The third-order valence-electron chi connectivity index (χ3n) is 2.76. The lowest BCUT2D eigenvalue weighted by atomic mass is 10.3. The second kappa shape index (κ2) is 7.14. The fourth-order valence-electron chi connectivity index (χ4n) is 1.57. The third-order valence-corrected chi connectivity index (χ3v) is 3.14. The number of nitrogens with one attached hydrogen (secondary N) is 1. The molecule has 0 aliphatic carbocycles. The Bertz CT molecular complexity index is 737. The number of benzene rings is 1. The number of ether oxygens (including phenoxy) is 1. The largest absolute Gasteiger partial charge is 0.438 e. The number of amides is 2. The highest BCUT2D eigenvalue weighted by molar-refractivity contribution is 6.28. The first-order valence-corrected chi connectivity index (χ1v) is 7.28. The summed E-state index contributed by atoms with van der Waals surface area (Å²) in [5.74, 6) is -0.255. The van der Waals surface area contributed by atoms with Crippen molar-refractivity contribution in [1.82, 2.24) is 14.9 Å². The Morgan fingerprint density at radius 1 is 1.29 bits per heavy atom. The Balaban J connectivity index is 2.20. The van der Waals surface area contributed by atoms with Gasteiger partial charge >= 0.3 is 11.4 Å². The zero-order chi connectivity index (χ0) is 17.9. The monoisotopic (exact) mass is 376 g/mol. The van der Waals surface area contributed by atoms with Gasteiger partial charge in [0.2, 0.25) is 11.2 Å². The quantitative estimate of drug-likeness (QED) is 0.637. The molecule has 0 fully saturated rings. The van der Waals surface area contributed by atoms with Crippen LogP contribution in [-0.2, 0) is 5.38 Å². The Labute approximate surface area is 146 Å². The van der Waals surface area contributed by atoms with Crippen LogP contribution in [0.2, 0.25) is 5.28 Å². The summed E-state index contributed by atoms with van der Waals surface area (Å²) < 4.78 is 32.0. The van der Waals surface area contributed by atoms with Crippen LogP contribution in [0, 0.1) is 0 Å². The fourth-order valence-corrected chi connectivity index (χ4v) is 1.83. The molecule has 2 rings (SSSR count). The van der Waals surface area contributed by atoms with Gasteiger partial charge in [0, 0.05) is 26.0 Å². The number of hydrogen-bond donors (Lipinski definition) is 1. The number of alkyl halides is 3. The molecule has 1 aromatic heterocycles. The molecule has 0 aliphatic heterocycles. The third kappa shape index (κ3) is 4.65. The first kappa shape index (κ1) is 18.2. The Morgan fingerprint density at radius 2 is 1.92 bits per heavy atom. The summed E-state index contributed by atoms with van der Waals surface area (Å²) in [7, 11) is 3.19. The maximum atomic E-state index is 13.3. The molecule has 2 amide bonds. The van der Waals surface area contributed by atoms with Crippen LogP contribution in [0.15, 0.2) is 30.5 Å². The van der Waals surface area contributed by atoms with Crippen molar-refractivity contribution in [1.29, 1.82) is 0 Å². The molecule has 0 atom stereocenters. The zero-order valence-corrected chi connectivity index (χ0v) is 14.1. The van der Waals surface area contributed by atoms with Crippen LogP contribution in [0.3, 0.4) is 0 Å². The number of carbonyl (C=O) groups excluding carboxylic acids is 1. The number of aromatic nitrogens is 2. The SMILES string of the molecule is CN(C)C(=O)Nc1ccc(Oc2nc(Cl)ncc2C(F)(F)Cl)cc1. The Morgan fingerprint density at radius 3 is 2.46 bits per heavy atom. The van der Waals surface area contributed by atoms with Crippen molar-refractivity contribution in [2.75, 3.05) is 19.4 Å². The van der Waals surface area contributed by atoms with Gasteiger partial charge in [-0.05, 0) is 47.5 Å². The minimum atomic E-state index is -3.71. The second-order valence-corrected chi connectivity index (χ2v) is 5.62. The molecule has 0 radical (unpaired) electrons. The summed E-state index contributed by atoms with van der Waals surface area (Å²) in [6, 6.07) is 5.71. The lowest BCUT2D eigenvalue weighted by Crippen LogP contribution is -2.27. The number of halogens is 4. The van der Waals surface area contributed by atoms with Gasteiger partial charge in [-0.15, -0.1) is 0 Å². The predicted octanol–water partition coefficient (Wildman–Crippen LogP) is 4.30. The van der Waals surface area contributed by atoms with Gasteiger partial charge in [0.25, 0.3) is 0 Å². The number of nitrogens with zero attached hydrogens (tertiary/aromatic N) is 3. The van der Waals surface area contributed by atoms with Crippen LogP contribution in [0.1, 0.15) is 5.56 Å². The predicted molar refractivity (Wildman–Crippen MR) is 86.0 cm³/mol. The molecule has 128 valence electrons. The molecule has 0 bridgehead atoms. The molecule has 10 heteroatoms.